The predicted octanol–water partition coefficient (Wildman–Crippen LogP) is 7.11. The van der Waals surface area contributed by atoms with Crippen LogP contribution in [0.3, 0.4) is 0 Å². The molecule has 0 N–H and O–H groups in total. The number of benzene rings is 3. The lowest BCUT2D eigenvalue weighted by molar-refractivity contribution is -0.139. The Morgan fingerprint density at radius 1 is 0.944 bits per heavy atom. The van der Waals surface area contributed by atoms with E-state index in [4.69, 9.17) is 14.2 Å². The summed E-state index contributed by atoms with van der Waals surface area (Å²) in [7, 11) is 2.99. The molecule has 0 saturated heterocycles. The molecule has 1 saturated carbocycles. The van der Waals surface area contributed by atoms with Crippen LogP contribution in [0.2, 0.25) is 0 Å². The zero-order valence-electron chi connectivity index (χ0n) is 21.8. The molecule has 36 heavy (non-hydrogen) atoms. The first-order valence-corrected chi connectivity index (χ1v) is 12.4. The fourth-order valence-electron chi connectivity index (χ4n) is 4.81. The SMILES string of the molecule is COC(=O)Cc1cccc(C2(OCc3ccc(-c4cc(OC)ccc4F)c(C(C)(C)C)c3)CCC2)c1. The predicted molar refractivity (Wildman–Crippen MR) is 140 cm³/mol. The lowest BCUT2D eigenvalue weighted by atomic mass is 9.74. The maximum Gasteiger partial charge on any atom is 0.309 e. The van der Waals surface area contributed by atoms with Crippen LogP contribution in [0.4, 0.5) is 4.39 Å². The van der Waals surface area contributed by atoms with E-state index in [1.165, 1.54) is 13.2 Å². The van der Waals surface area contributed by atoms with Gasteiger partial charge in [0.25, 0.3) is 0 Å². The lowest BCUT2D eigenvalue weighted by Gasteiger charge is -2.42. The first kappa shape index (κ1) is 25.9. The minimum Gasteiger partial charge on any atom is -0.497 e. The molecule has 0 aromatic heterocycles. The Labute approximate surface area is 213 Å². The molecule has 0 unspecified atom stereocenters. The number of carbonyl (C=O) groups is 1. The van der Waals surface area contributed by atoms with Gasteiger partial charge >= 0.3 is 5.97 Å². The zero-order valence-corrected chi connectivity index (χ0v) is 21.8. The highest BCUT2D eigenvalue weighted by Crippen LogP contribution is 2.46. The number of halogens is 1. The van der Waals surface area contributed by atoms with Gasteiger partial charge in [-0.1, -0.05) is 63.2 Å². The highest BCUT2D eigenvalue weighted by molar-refractivity contribution is 5.72. The summed E-state index contributed by atoms with van der Waals surface area (Å²) in [6.45, 7) is 6.85. The van der Waals surface area contributed by atoms with Crippen LogP contribution in [0.15, 0.2) is 60.7 Å². The lowest BCUT2D eigenvalue weighted by Crippen LogP contribution is -2.37. The van der Waals surface area contributed by atoms with Crippen molar-refractivity contribution in [2.24, 2.45) is 0 Å². The molecular formula is C31H35FO4. The second-order valence-corrected chi connectivity index (χ2v) is 10.6. The number of methoxy groups -OCH3 is 2. The van der Waals surface area contributed by atoms with E-state index in [0.717, 1.165) is 47.1 Å². The molecule has 0 spiro atoms. The van der Waals surface area contributed by atoms with Crippen LogP contribution in [-0.2, 0) is 38.3 Å². The minimum absolute atomic E-state index is 0.197. The molecule has 0 radical (unpaired) electrons. The van der Waals surface area contributed by atoms with Crippen molar-refractivity contribution in [3.05, 3.63) is 88.7 Å². The molecular weight excluding hydrogens is 455 g/mol. The van der Waals surface area contributed by atoms with Crippen LogP contribution in [0.1, 0.15) is 62.3 Å². The quantitative estimate of drug-likeness (QED) is 0.316. The van der Waals surface area contributed by atoms with E-state index < -0.39 is 0 Å². The molecule has 1 aliphatic rings. The van der Waals surface area contributed by atoms with Crippen molar-refractivity contribution < 1.29 is 23.4 Å². The average Bonchev–Trinajstić information content (AvgIpc) is 2.83. The molecule has 4 rings (SSSR count). The minimum atomic E-state index is -0.356. The fraction of sp³-hybridized carbons (Fsp3) is 0.387. The van der Waals surface area contributed by atoms with Crippen molar-refractivity contribution in [1.29, 1.82) is 0 Å². The first-order valence-electron chi connectivity index (χ1n) is 12.4. The van der Waals surface area contributed by atoms with Gasteiger partial charge in [-0.25, -0.2) is 4.39 Å². The first-order chi connectivity index (χ1) is 17.1. The Bertz CT molecular complexity index is 1240. The summed E-state index contributed by atoms with van der Waals surface area (Å²) in [4.78, 5) is 11.8. The van der Waals surface area contributed by atoms with Crippen LogP contribution in [0.25, 0.3) is 11.1 Å². The van der Waals surface area contributed by atoms with Gasteiger partial charge in [0.15, 0.2) is 0 Å². The highest BCUT2D eigenvalue weighted by atomic mass is 19.1. The summed E-state index contributed by atoms with van der Waals surface area (Å²) in [6, 6.07) is 19.0. The number of hydrogen-bond acceptors (Lipinski definition) is 4. The van der Waals surface area contributed by atoms with Gasteiger partial charge in [-0.05, 0) is 70.7 Å². The fourth-order valence-corrected chi connectivity index (χ4v) is 4.81. The second-order valence-electron chi connectivity index (χ2n) is 10.6. The molecule has 190 valence electrons. The van der Waals surface area contributed by atoms with E-state index in [9.17, 15) is 9.18 Å². The van der Waals surface area contributed by atoms with E-state index in [2.05, 4.69) is 39.0 Å². The molecule has 0 bridgehead atoms. The van der Waals surface area contributed by atoms with Gasteiger partial charge in [-0.2, -0.15) is 0 Å². The summed E-state index contributed by atoms with van der Waals surface area (Å²) in [6.07, 6.45) is 3.22. The molecule has 1 aliphatic carbocycles. The van der Waals surface area contributed by atoms with Crippen LogP contribution in [-0.4, -0.2) is 20.2 Å². The van der Waals surface area contributed by atoms with Gasteiger partial charge in [-0.15, -0.1) is 0 Å². The zero-order chi connectivity index (χ0) is 25.9. The van der Waals surface area contributed by atoms with E-state index in [0.29, 0.717) is 17.9 Å². The molecule has 0 aliphatic heterocycles. The third-order valence-corrected chi connectivity index (χ3v) is 7.06. The van der Waals surface area contributed by atoms with Gasteiger partial charge in [0.05, 0.1) is 32.8 Å². The van der Waals surface area contributed by atoms with Gasteiger partial charge in [-0.3, -0.25) is 4.79 Å². The van der Waals surface area contributed by atoms with Crippen molar-refractivity contribution in [3.63, 3.8) is 0 Å². The van der Waals surface area contributed by atoms with Crippen molar-refractivity contribution >= 4 is 5.97 Å². The molecule has 0 atom stereocenters. The normalized spacial score (nSPS) is 14.7. The van der Waals surface area contributed by atoms with Crippen LogP contribution in [0, 0.1) is 5.82 Å². The molecule has 5 heteroatoms. The van der Waals surface area contributed by atoms with E-state index in [-0.39, 0.29) is 29.2 Å². The Morgan fingerprint density at radius 3 is 2.36 bits per heavy atom. The average molecular weight is 491 g/mol. The topological polar surface area (TPSA) is 44.8 Å². The van der Waals surface area contributed by atoms with Gasteiger partial charge in [0.2, 0.25) is 0 Å². The van der Waals surface area contributed by atoms with Crippen LogP contribution in [0.5, 0.6) is 5.75 Å². The van der Waals surface area contributed by atoms with Gasteiger partial charge in [0.1, 0.15) is 11.6 Å². The van der Waals surface area contributed by atoms with Crippen molar-refractivity contribution in [2.45, 2.75) is 64.1 Å². The Balaban J connectivity index is 1.61. The van der Waals surface area contributed by atoms with E-state index in [1.54, 1.807) is 19.2 Å². The van der Waals surface area contributed by atoms with Crippen molar-refractivity contribution in [2.75, 3.05) is 14.2 Å². The molecule has 1 fully saturated rings. The number of rotatable bonds is 8. The standard InChI is InChI=1S/C31H35FO4/c1-30(2,3)27-17-22(10-12-25(27)26-19-24(34-4)11-13-28(26)32)20-36-31(14-7-15-31)23-9-6-8-21(16-23)18-29(33)35-5/h6,8-13,16-17,19H,7,14-15,18,20H2,1-5H3. The van der Waals surface area contributed by atoms with E-state index in [1.807, 2.05) is 24.3 Å². The molecule has 3 aromatic rings. The van der Waals surface area contributed by atoms with Gasteiger partial charge < -0.3 is 14.2 Å². The largest absolute Gasteiger partial charge is 0.497 e. The Morgan fingerprint density at radius 2 is 1.72 bits per heavy atom. The molecule has 4 nitrogen and oxygen atoms in total. The summed E-state index contributed by atoms with van der Waals surface area (Å²) in [5.74, 6) is 0.101. The maximum absolute atomic E-state index is 14.8. The van der Waals surface area contributed by atoms with Gasteiger partial charge in [0, 0.05) is 5.56 Å². The smallest absolute Gasteiger partial charge is 0.309 e. The molecule has 0 amide bonds. The third kappa shape index (κ3) is 5.46. The Hall–Kier alpha value is -3.18. The number of hydrogen-bond donors (Lipinski definition) is 0. The van der Waals surface area contributed by atoms with Crippen molar-refractivity contribution in [3.8, 4) is 16.9 Å². The molecule has 3 aromatic carbocycles. The molecule has 0 heterocycles. The van der Waals surface area contributed by atoms with Crippen LogP contribution >= 0.6 is 0 Å². The monoisotopic (exact) mass is 490 g/mol. The summed E-state index contributed by atoms with van der Waals surface area (Å²) < 4.78 is 31.6. The number of esters is 1. The summed E-state index contributed by atoms with van der Waals surface area (Å²) in [5, 5.41) is 0. The maximum atomic E-state index is 14.8. The van der Waals surface area contributed by atoms with Crippen molar-refractivity contribution in [1.82, 2.24) is 0 Å². The summed E-state index contributed by atoms with van der Waals surface area (Å²) in [5.41, 5.74) is 4.96. The Kier molecular flexibility index (Phi) is 7.51. The summed E-state index contributed by atoms with van der Waals surface area (Å²) >= 11 is 0. The highest BCUT2D eigenvalue weighted by Gasteiger charge is 2.40. The third-order valence-electron chi connectivity index (χ3n) is 7.06. The second kappa shape index (κ2) is 10.4. The number of ether oxygens (including phenoxy) is 3. The number of carbonyl (C=O) groups excluding carboxylic acids is 1. The van der Waals surface area contributed by atoms with Crippen LogP contribution < -0.4 is 4.74 Å². The van der Waals surface area contributed by atoms with E-state index >= 15 is 0 Å².